The molecule has 1 saturated carbocycles. The molecule has 1 N–H and O–H groups in total. The van der Waals surface area contributed by atoms with Gasteiger partial charge in [0, 0.05) is 38.8 Å². The maximum atomic E-state index is 12.5. The van der Waals surface area contributed by atoms with Gasteiger partial charge in [0.25, 0.3) is 0 Å². The lowest BCUT2D eigenvalue weighted by Crippen LogP contribution is -2.53. The Morgan fingerprint density at radius 3 is 2.53 bits per heavy atom. The van der Waals surface area contributed by atoms with Crippen molar-refractivity contribution in [3.05, 3.63) is 0 Å². The van der Waals surface area contributed by atoms with Crippen LogP contribution in [0.2, 0.25) is 0 Å². The first-order valence-corrected chi connectivity index (χ1v) is 11.1. The Balaban J connectivity index is 0.00000320. The van der Waals surface area contributed by atoms with Gasteiger partial charge in [-0.05, 0) is 53.4 Å². The Morgan fingerprint density at radius 1 is 1.20 bits per heavy atom. The van der Waals surface area contributed by atoms with Crippen molar-refractivity contribution < 1.29 is 19.0 Å². The van der Waals surface area contributed by atoms with E-state index >= 15 is 0 Å². The van der Waals surface area contributed by atoms with Gasteiger partial charge in [-0.3, -0.25) is 4.99 Å². The van der Waals surface area contributed by atoms with Gasteiger partial charge < -0.3 is 29.3 Å². The summed E-state index contributed by atoms with van der Waals surface area (Å²) < 4.78 is 17.4. The molecule has 3 rings (SSSR count). The van der Waals surface area contributed by atoms with Crippen LogP contribution in [-0.4, -0.2) is 91.6 Å². The minimum Gasteiger partial charge on any atom is -0.444 e. The highest BCUT2D eigenvalue weighted by Crippen LogP contribution is 2.28. The molecule has 0 aromatic carbocycles. The van der Waals surface area contributed by atoms with Gasteiger partial charge in [0.1, 0.15) is 11.7 Å². The lowest BCUT2D eigenvalue weighted by atomic mass is 10.1. The highest BCUT2D eigenvalue weighted by molar-refractivity contribution is 14.0. The molecule has 30 heavy (non-hydrogen) atoms. The van der Waals surface area contributed by atoms with Crippen LogP contribution in [0.25, 0.3) is 0 Å². The second-order valence-corrected chi connectivity index (χ2v) is 9.05. The van der Waals surface area contributed by atoms with E-state index in [1.54, 1.807) is 0 Å². The van der Waals surface area contributed by atoms with Crippen LogP contribution in [0, 0.1) is 0 Å². The standard InChI is InChI=1S/C21H38N4O4.HI/c1-5-22-19(24-12-14-28-18(15-24)17-7-6-13-27-17)23-10-11-25(16-8-9-16)20(26)29-21(2,3)4;/h16-18H,5-15H2,1-4H3,(H,22,23);1H. The topological polar surface area (TPSA) is 75.6 Å². The molecule has 2 heterocycles. The number of amides is 1. The molecule has 1 amide bonds. The molecule has 0 radical (unpaired) electrons. The van der Waals surface area contributed by atoms with Crippen molar-refractivity contribution in [2.24, 2.45) is 4.99 Å². The number of nitrogens with one attached hydrogen (secondary N) is 1. The van der Waals surface area contributed by atoms with Gasteiger partial charge >= 0.3 is 6.09 Å². The van der Waals surface area contributed by atoms with E-state index in [9.17, 15) is 4.79 Å². The first-order valence-electron chi connectivity index (χ1n) is 11.1. The summed E-state index contributed by atoms with van der Waals surface area (Å²) in [6, 6.07) is 0.301. The van der Waals surface area contributed by atoms with Crippen molar-refractivity contribution >= 4 is 36.0 Å². The van der Waals surface area contributed by atoms with Crippen molar-refractivity contribution in [2.45, 2.75) is 77.2 Å². The normalized spacial score (nSPS) is 24.9. The molecule has 1 aliphatic carbocycles. The summed E-state index contributed by atoms with van der Waals surface area (Å²) in [5.41, 5.74) is -0.479. The minimum absolute atomic E-state index is 0. The monoisotopic (exact) mass is 538 g/mol. The van der Waals surface area contributed by atoms with Crippen LogP contribution in [0.1, 0.15) is 53.4 Å². The van der Waals surface area contributed by atoms with Crippen molar-refractivity contribution in [1.29, 1.82) is 0 Å². The van der Waals surface area contributed by atoms with E-state index in [4.69, 9.17) is 19.2 Å². The number of halogens is 1. The number of rotatable bonds is 6. The third kappa shape index (κ3) is 7.71. The fourth-order valence-corrected chi connectivity index (χ4v) is 3.81. The van der Waals surface area contributed by atoms with Crippen LogP contribution in [0.4, 0.5) is 4.79 Å². The van der Waals surface area contributed by atoms with Gasteiger partial charge in [-0.25, -0.2) is 4.79 Å². The van der Waals surface area contributed by atoms with Crippen LogP contribution in [0.15, 0.2) is 4.99 Å². The maximum absolute atomic E-state index is 12.5. The molecule has 2 unspecified atom stereocenters. The summed E-state index contributed by atoms with van der Waals surface area (Å²) >= 11 is 0. The van der Waals surface area contributed by atoms with Crippen molar-refractivity contribution in [1.82, 2.24) is 15.1 Å². The third-order valence-electron chi connectivity index (χ3n) is 5.33. The summed E-state index contributed by atoms with van der Waals surface area (Å²) in [6.07, 6.45) is 4.34. The van der Waals surface area contributed by atoms with E-state index in [0.717, 1.165) is 57.9 Å². The Kier molecular flexibility index (Phi) is 9.93. The van der Waals surface area contributed by atoms with Crippen molar-refractivity contribution in [3.63, 3.8) is 0 Å². The molecule has 9 heteroatoms. The summed E-state index contributed by atoms with van der Waals surface area (Å²) in [5, 5.41) is 3.39. The van der Waals surface area contributed by atoms with Crippen LogP contribution in [0.3, 0.4) is 0 Å². The Morgan fingerprint density at radius 2 is 1.93 bits per heavy atom. The number of carbonyl (C=O) groups is 1. The van der Waals surface area contributed by atoms with Gasteiger partial charge in [0.05, 0.1) is 19.3 Å². The molecule has 8 nitrogen and oxygen atoms in total. The SMILES string of the molecule is CCNC(=NCCN(C(=O)OC(C)(C)C)C1CC1)N1CCOC(C2CCCO2)C1.I. The molecular formula is C21H39IN4O4. The number of hydrogen-bond donors (Lipinski definition) is 1. The summed E-state index contributed by atoms with van der Waals surface area (Å²) in [6.45, 7) is 12.8. The van der Waals surface area contributed by atoms with E-state index in [1.807, 2.05) is 25.7 Å². The predicted molar refractivity (Wildman–Crippen MR) is 128 cm³/mol. The number of hydrogen-bond acceptors (Lipinski definition) is 5. The molecule has 174 valence electrons. The van der Waals surface area contributed by atoms with Gasteiger partial charge in [-0.15, -0.1) is 24.0 Å². The number of carbonyl (C=O) groups excluding carboxylic acids is 1. The molecule has 0 aromatic heterocycles. The van der Waals surface area contributed by atoms with Crippen LogP contribution in [0.5, 0.6) is 0 Å². The van der Waals surface area contributed by atoms with E-state index in [1.165, 1.54) is 0 Å². The first-order chi connectivity index (χ1) is 13.9. The third-order valence-corrected chi connectivity index (χ3v) is 5.33. The van der Waals surface area contributed by atoms with E-state index in [2.05, 4.69) is 17.1 Å². The maximum Gasteiger partial charge on any atom is 0.410 e. The average molecular weight is 538 g/mol. The lowest BCUT2D eigenvalue weighted by molar-refractivity contribution is -0.0817. The Bertz CT molecular complexity index is 574. The predicted octanol–water partition coefficient (Wildman–Crippen LogP) is 2.85. The van der Waals surface area contributed by atoms with Gasteiger partial charge in [-0.1, -0.05) is 0 Å². The summed E-state index contributed by atoms with van der Waals surface area (Å²) in [7, 11) is 0. The van der Waals surface area contributed by atoms with Crippen LogP contribution < -0.4 is 5.32 Å². The molecule has 2 saturated heterocycles. The van der Waals surface area contributed by atoms with Crippen LogP contribution in [-0.2, 0) is 14.2 Å². The van der Waals surface area contributed by atoms with Crippen molar-refractivity contribution in [2.75, 3.05) is 45.9 Å². The smallest absolute Gasteiger partial charge is 0.410 e. The molecule has 3 aliphatic rings. The van der Waals surface area contributed by atoms with Gasteiger partial charge in [0.15, 0.2) is 5.96 Å². The lowest BCUT2D eigenvalue weighted by Gasteiger charge is -2.37. The molecule has 2 atom stereocenters. The second-order valence-electron chi connectivity index (χ2n) is 9.05. The zero-order valence-corrected chi connectivity index (χ0v) is 21.2. The minimum atomic E-state index is -0.479. The molecular weight excluding hydrogens is 499 g/mol. The second kappa shape index (κ2) is 11.7. The molecule has 3 fully saturated rings. The summed E-state index contributed by atoms with van der Waals surface area (Å²) in [5.74, 6) is 0.888. The van der Waals surface area contributed by atoms with Crippen molar-refractivity contribution in [3.8, 4) is 0 Å². The van der Waals surface area contributed by atoms with E-state index in [-0.39, 0.29) is 42.3 Å². The van der Waals surface area contributed by atoms with E-state index in [0.29, 0.717) is 25.7 Å². The fraction of sp³-hybridized carbons (Fsp3) is 0.905. The largest absolute Gasteiger partial charge is 0.444 e. The number of morpholine rings is 1. The van der Waals surface area contributed by atoms with Gasteiger partial charge in [-0.2, -0.15) is 0 Å². The Labute approximate surface area is 198 Å². The fourth-order valence-electron chi connectivity index (χ4n) is 3.81. The van der Waals surface area contributed by atoms with E-state index < -0.39 is 5.60 Å². The quantitative estimate of drug-likeness (QED) is 0.319. The van der Waals surface area contributed by atoms with Gasteiger partial charge in [0.2, 0.25) is 0 Å². The molecule has 0 aromatic rings. The highest BCUT2D eigenvalue weighted by Gasteiger charge is 2.35. The number of nitrogens with zero attached hydrogens (tertiary/aromatic N) is 3. The molecule has 2 aliphatic heterocycles. The summed E-state index contributed by atoms with van der Waals surface area (Å²) in [4.78, 5) is 21.4. The molecule has 0 bridgehead atoms. The Hall–Kier alpha value is -0.810. The first kappa shape index (κ1) is 25.5. The number of ether oxygens (including phenoxy) is 3. The molecule has 0 spiro atoms. The number of aliphatic imine (C=N–C) groups is 1. The highest BCUT2D eigenvalue weighted by atomic mass is 127. The average Bonchev–Trinajstić information content (AvgIpc) is 3.35. The van der Waals surface area contributed by atoms with Crippen LogP contribution >= 0.6 is 24.0 Å². The zero-order valence-electron chi connectivity index (χ0n) is 18.9. The number of guanidine groups is 1. The zero-order chi connectivity index (χ0) is 20.9.